The summed E-state index contributed by atoms with van der Waals surface area (Å²) in [7, 11) is 0. The van der Waals surface area contributed by atoms with Gasteiger partial charge in [-0.1, -0.05) is 18.2 Å². The minimum atomic E-state index is -0.956. The Balaban J connectivity index is 1.68. The molecular weight excluding hydrogens is 444 g/mol. The molecule has 1 fully saturated rings. The number of carboxylic acids is 1. The Labute approximate surface area is 203 Å². The van der Waals surface area contributed by atoms with Crippen molar-refractivity contribution < 1.29 is 9.90 Å². The number of anilines is 1. The van der Waals surface area contributed by atoms with Crippen LogP contribution in [0.25, 0.3) is 5.69 Å². The maximum Gasteiger partial charge on any atom is 0.335 e. The molecule has 7 heteroatoms. The standard InChI is InChI=1S/C27H24N4O2S/c1-17-13-18(2)15-21(14-17)31-25(24(29-27(31)34)22-9-3-4-11-28-22)23-10-6-12-30(23)20-8-5-7-19(16-20)26(32)33/h3-16,24-25H,1-2H3,(H,29,34)(H,32,33)/t24-,25-/m0/s1. The van der Waals surface area contributed by atoms with E-state index in [2.05, 4.69) is 53.3 Å². The predicted octanol–water partition coefficient (Wildman–Crippen LogP) is 5.36. The number of rotatable bonds is 5. The van der Waals surface area contributed by atoms with Crippen LogP contribution in [-0.2, 0) is 0 Å². The Bertz CT molecular complexity index is 1360. The second-order valence-corrected chi connectivity index (χ2v) is 8.89. The number of nitrogens with zero attached hydrogens (tertiary/aromatic N) is 3. The first-order valence-corrected chi connectivity index (χ1v) is 11.4. The van der Waals surface area contributed by atoms with Crippen molar-refractivity contribution in [3.63, 3.8) is 0 Å². The molecule has 1 aliphatic heterocycles. The molecule has 2 atom stereocenters. The number of aryl methyl sites for hydroxylation is 2. The molecule has 0 amide bonds. The molecule has 2 N–H and O–H groups in total. The van der Waals surface area contributed by atoms with Crippen molar-refractivity contribution in [2.24, 2.45) is 0 Å². The molecular formula is C27H24N4O2S. The van der Waals surface area contributed by atoms with Gasteiger partial charge in [0.2, 0.25) is 0 Å². The van der Waals surface area contributed by atoms with Crippen molar-refractivity contribution in [2.45, 2.75) is 25.9 Å². The first-order chi connectivity index (χ1) is 16.4. The Kier molecular flexibility index (Phi) is 5.63. The van der Waals surface area contributed by atoms with Crippen molar-refractivity contribution in [1.29, 1.82) is 0 Å². The average Bonchev–Trinajstić information content (AvgIpc) is 3.43. The Hall–Kier alpha value is -3.97. The highest BCUT2D eigenvalue weighted by Gasteiger charge is 2.42. The lowest BCUT2D eigenvalue weighted by Crippen LogP contribution is -2.30. The number of pyridine rings is 1. The second-order valence-electron chi connectivity index (χ2n) is 8.50. The van der Waals surface area contributed by atoms with Gasteiger partial charge in [0.15, 0.2) is 5.11 Å². The van der Waals surface area contributed by atoms with E-state index >= 15 is 0 Å². The summed E-state index contributed by atoms with van der Waals surface area (Å²) in [5.41, 5.74) is 6.19. The Morgan fingerprint density at radius 2 is 1.76 bits per heavy atom. The van der Waals surface area contributed by atoms with Gasteiger partial charge in [-0.15, -0.1) is 0 Å². The highest BCUT2D eigenvalue weighted by Crippen LogP contribution is 2.42. The SMILES string of the molecule is Cc1cc(C)cc(N2C(=S)N[C@@H](c3ccccn3)[C@@H]2c2cccn2-c2cccc(C(=O)O)c2)c1. The van der Waals surface area contributed by atoms with Crippen molar-refractivity contribution in [2.75, 3.05) is 4.90 Å². The van der Waals surface area contributed by atoms with Gasteiger partial charge in [-0.05, 0) is 91.8 Å². The summed E-state index contributed by atoms with van der Waals surface area (Å²) in [4.78, 5) is 18.4. The van der Waals surface area contributed by atoms with Crippen molar-refractivity contribution in [3.05, 3.63) is 113 Å². The zero-order valence-corrected chi connectivity index (χ0v) is 19.7. The first kappa shape index (κ1) is 21.9. The van der Waals surface area contributed by atoms with E-state index in [-0.39, 0.29) is 17.6 Å². The fourth-order valence-corrected chi connectivity index (χ4v) is 5.03. The van der Waals surface area contributed by atoms with Crippen molar-refractivity contribution in [1.82, 2.24) is 14.9 Å². The predicted molar refractivity (Wildman–Crippen MR) is 137 cm³/mol. The quantitative estimate of drug-likeness (QED) is 0.384. The summed E-state index contributed by atoms with van der Waals surface area (Å²) < 4.78 is 2.03. The maximum absolute atomic E-state index is 11.6. The van der Waals surface area contributed by atoms with Crippen LogP contribution in [0.3, 0.4) is 0 Å². The number of aromatic carboxylic acids is 1. The number of aromatic nitrogens is 2. The van der Waals surface area contributed by atoms with Crippen LogP contribution in [0.2, 0.25) is 0 Å². The summed E-state index contributed by atoms with van der Waals surface area (Å²) in [6, 6.07) is 22.9. The monoisotopic (exact) mass is 468 g/mol. The van der Waals surface area contributed by atoms with Gasteiger partial charge in [0.05, 0.1) is 17.3 Å². The summed E-state index contributed by atoms with van der Waals surface area (Å²) in [6.45, 7) is 4.16. The van der Waals surface area contributed by atoms with E-state index in [1.807, 2.05) is 41.1 Å². The number of benzene rings is 2. The zero-order chi connectivity index (χ0) is 23.8. The van der Waals surface area contributed by atoms with Crippen LogP contribution in [0.1, 0.15) is 45.0 Å². The smallest absolute Gasteiger partial charge is 0.335 e. The number of carbonyl (C=O) groups is 1. The maximum atomic E-state index is 11.6. The molecule has 2 aromatic heterocycles. The van der Waals surface area contributed by atoms with E-state index < -0.39 is 5.97 Å². The van der Waals surface area contributed by atoms with Crippen molar-refractivity contribution >= 4 is 29.0 Å². The fourth-order valence-electron chi connectivity index (χ4n) is 4.68. The lowest BCUT2D eigenvalue weighted by molar-refractivity contribution is 0.0697. The summed E-state index contributed by atoms with van der Waals surface area (Å²) in [6.07, 6.45) is 3.73. The summed E-state index contributed by atoms with van der Waals surface area (Å²) in [5.74, 6) is -0.956. The lowest BCUT2D eigenvalue weighted by atomic mass is 10.00. The van der Waals surface area contributed by atoms with E-state index in [1.54, 1.807) is 24.4 Å². The molecule has 1 aliphatic rings. The molecule has 2 aromatic carbocycles. The van der Waals surface area contributed by atoms with Crippen LogP contribution in [0.5, 0.6) is 0 Å². The number of hydrogen-bond acceptors (Lipinski definition) is 3. The lowest BCUT2D eigenvalue weighted by Gasteiger charge is -2.29. The summed E-state index contributed by atoms with van der Waals surface area (Å²) >= 11 is 5.85. The van der Waals surface area contributed by atoms with E-state index in [0.29, 0.717) is 5.11 Å². The zero-order valence-electron chi connectivity index (χ0n) is 18.8. The molecule has 1 saturated heterocycles. The third kappa shape index (κ3) is 3.95. The van der Waals surface area contributed by atoms with Crippen LogP contribution >= 0.6 is 12.2 Å². The van der Waals surface area contributed by atoms with Gasteiger partial charge >= 0.3 is 5.97 Å². The molecule has 170 valence electrons. The van der Waals surface area contributed by atoms with Crippen molar-refractivity contribution in [3.8, 4) is 5.69 Å². The third-order valence-corrected chi connectivity index (χ3v) is 6.35. The molecule has 6 nitrogen and oxygen atoms in total. The van der Waals surface area contributed by atoms with Gasteiger partial charge in [-0.25, -0.2) is 4.79 Å². The van der Waals surface area contributed by atoms with Gasteiger partial charge in [-0.2, -0.15) is 0 Å². The fraction of sp³-hybridized carbons (Fsp3) is 0.148. The molecule has 0 aliphatic carbocycles. The molecule has 0 radical (unpaired) electrons. The van der Waals surface area contributed by atoms with Crippen LogP contribution in [-0.4, -0.2) is 25.7 Å². The van der Waals surface area contributed by atoms with E-state index in [9.17, 15) is 9.90 Å². The number of hydrogen-bond donors (Lipinski definition) is 2. The van der Waals surface area contributed by atoms with E-state index in [4.69, 9.17) is 12.2 Å². The molecule has 3 heterocycles. The van der Waals surface area contributed by atoms with Gasteiger partial charge in [0.25, 0.3) is 0 Å². The normalized spacial score (nSPS) is 17.6. The highest BCUT2D eigenvalue weighted by molar-refractivity contribution is 7.80. The molecule has 4 aromatic rings. The molecule has 0 unspecified atom stereocenters. The van der Waals surface area contributed by atoms with Crippen LogP contribution in [0.15, 0.2) is 85.2 Å². The average molecular weight is 469 g/mol. The molecule has 0 bridgehead atoms. The highest BCUT2D eigenvalue weighted by atomic mass is 32.1. The Morgan fingerprint density at radius 3 is 2.47 bits per heavy atom. The minimum absolute atomic E-state index is 0.189. The van der Waals surface area contributed by atoms with E-state index in [1.165, 1.54) is 0 Å². The first-order valence-electron chi connectivity index (χ1n) is 11.0. The van der Waals surface area contributed by atoms with Gasteiger partial charge in [0.1, 0.15) is 6.04 Å². The van der Waals surface area contributed by atoms with Crippen LogP contribution in [0, 0.1) is 13.8 Å². The molecule has 5 rings (SSSR count). The number of carboxylic acid groups (broad SMARTS) is 1. The van der Waals surface area contributed by atoms with E-state index in [0.717, 1.165) is 33.9 Å². The molecule has 0 saturated carbocycles. The van der Waals surface area contributed by atoms with Crippen LogP contribution < -0.4 is 10.2 Å². The Morgan fingerprint density at radius 1 is 0.971 bits per heavy atom. The second kappa shape index (κ2) is 8.76. The largest absolute Gasteiger partial charge is 0.478 e. The molecule has 34 heavy (non-hydrogen) atoms. The van der Waals surface area contributed by atoms with Gasteiger partial charge < -0.3 is 19.9 Å². The molecule has 0 spiro atoms. The minimum Gasteiger partial charge on any atom is -0.478 e. The van der Waals surface area contributed by atoms with Gasteiger partial charge in [0, 0.05) is 29.5 Å². The third-order valence-electron chi connectivity index (χ3n) is 6.04. The number of thiocarbonyl (C=S) groups is 1. The topological polar surface area (TPSA) is 70.4 Å². The van der Waals surface area contributed by atoms with Gasteiger partial charge in [-0.3, -0.25) is 4.98 Å². The van der Waals surface area contributed by atoms with Crippen LogP contribution in [0.4, 0.5) is 5.69 Å². The number of nitrogens with one attached hydrogen (secondary N) is 1. The summed E-state index contributed by atoms with van der Waals surface area (Å²) in [5, 5.41) is 13.6.